The summed E-state index contributed by atoms with van der Waals surface area (Å²) in [5.74, 6) is 0. The van der Waals surface area contributed by atoms with E-state index in [0.717, 1.165) is 30.8 Å². The van der Waals surface area contributed by atoms with Crippen LogP contribution in [0.5, 0.6) is 0 Å². The van der Waals surface area contributed by atoms with Crippen LogP contribution in [0.2, 0.25) is 5.02 Å². The summed E-state index contributed by atoms with van der Waals surface area (Å²) in [6.07, 6.45) is 3.21. The maximum absolute atomic E-state index is 6.17. The maximum Gasteiger partial charge on any atom is 0.0437 e. The molecule has 0 radical (unpaired) electrons. The molecule has 2 rings (SSSR count). The summed E-state index contributed by atoms with van der Waals surface area (Å²) in [4.78, 5) is 0. The molecule has 2 aromatic carbocycles. The molecule has 1 N–H and O–H groups in total. The fourth-order valence-corrected chi connectivity index (χ4v) is 2.73. The Hall–Kier alpha value is -1.31. The number of rotatable bonds is 7. The molecule has 0 saturated heterocycles. The van der Waals surface area contributed by atoms with E-state index in [9.17, 15) is 0 Å². The highest BCUT2D eigenvalue weighted by atomic mass is 35.5. The van der Waals surface area contributed by atoms with Gasteiger partial charge in [0.2, 0.25) is 0 Å². The minimum Gasteiger partial charge on any atom is -0.310 e. The SMILES string of the molecule is CCc1cccc(C(C)NCCCc2ccccc2Cl)c1. The van der Waals surface area contributed by atoms with Gasteiger partial charge in [0, 0.05) is 11.1 Å². The van der Waals surface area contributed by atoms with E-state index >= 15 is 0 Å². The lowest BCUT2D eigenvalue weighted by Gasteiger charge is -2.15. The summed E-state index contributed by atoms with van der Waals surface area (Å²) in [6.45, 7) is 5.42. The summed E-state index contributed by atoms with van der Waals surface area (Å²) in [5.41, 5.74) is 4.01. The van der Waals surface area contributed by atoms with E-state index in [2.05, 4.69) is 49.5 Å². The van der Waals surface area contributed by atoms with Crippen molar-refractivity contribution in [2.45, 2.75) is 39.2 Å². The molecular formula is C19H24ClN. The molecule has 1 atom stereocenters. The predicted molar refractivity (Wildman–Crippen MR) is 92.0 cm³/mol. The molecule has 1 unspecified atom stereocenters. The summed E-state index contributed by atoms with van der Waals surface area (Å²) in [5, 5.41) is 4.47. The zero-order valence-corrected chi connectivity index (χ0v) is 13.7. The summed E-state index contributed by atoms with van der Waals surface area (Å²) in [7, 11) is 0. The first-order valence-electron chi connectivity index (χ1n) is 7.76. The highest BCUT2D eigenvalue weighted by molar-refractivity contribution is 6.31. The first kappa shape index (κ1) is 16.1. The van der Waals surface area contributed by atoms with Crippen molar-refractivity contribution in [3.8, 4) is 0 Å². The molecule has 2 aromatic rings. The Balaban J connectivity index is 1.79. The molecule has 0 fully saturated rings. The van der Waals surface area contributed by atoms with Crippen molar-refractivity contribution in [1.29, 1.82) is 0 Å². The highest BCUT2D eigenvalue weighted by Gasteiger charge is 2.05. The third kappa shape index (κ3) is 4.87. The fraction of sp³-hybridized carbons (Fsp3) is 0.368. The smallest absolute Gasteiger partial charge is 0.0437 e. The molecule has 0 heterocycles. The van der Waals surface area contributed by atoms with Gasteiger partial charge in [-0.3, -0.25) is 0 Å². The van der Waals surface area contributed by atoms with E-state index in [4.69, 9.17) is 11.6 Å². The van der Waals surface area contributed by atoms with Crippen LogP contribution in [0.25, 0.3) is 0 Å². The summed E-state index contributed by atoms with van der Waals surface area (Å²) >= 11 is 6.17. The lowest BCUT2D eigenvalue weighted by molar-refractivity contribution is 0.558. The van der Waals surface area contributed by atoms with Gasteiger partial charge in [-0.25, -0.2) is 0 Å². The first-order chi connectivity index (χ1) is 10.2. The van der Waals surface area contributed by atoms with Crippen molar-refractivity contribution >= 4 is 11.6 Å². The maximum atomic E-state index is 6.17. The largest absolute Gasteiger partial charge is 0.310 e. The second-order valence-corrected chi connectivity index (χ2v) is 5.88. The minimum atomic E-state index is 0.391. The van der Waals surface area contributed by atoms with Crippen molar-refractivity contribution in [3.05, 3.63) is 70.2 Å². The fourth-order valence-electron chi connectivity index (χ4n) is 2.50. The molecular weight excluding hydrogens is 278 g/mol. The van der Waals surface area contributed by atoms with E-state index in [1.165, 1.54) is 16.7 Å². The van der Waals surface area contributed by atoms with E-state index in [1.54, 1.807) is 0 Å². The predicted octanol–water partition coefficient (Wildman–Crippen LogP) is 5.19. The number of halogens is 1. The van der Waals surface area contributed by atoms with E-state index in [-0.39, 0.29) is 0 Å². The van der Waals surface area contributed by atoms with E-state index < -0.39 is 0 Å². The highest BCUT2D eigenvalue weighted by Crippen LogP contribution is 2.17. The Morgan fingerprint density at radius 3 is 2.67 bits per heavy atom. The normalized spacial score (nSPS) is 12.3. The molecule has 0 bridgehead atoms. The molecule has 112 valence electrons. The third-order valence-corrected chi connectivity index (χ3v) is 4.26. The van der Waals surface area contributed by atoms with Gasteiger partial charge < -0.3 is 5.32 Å². The van der Waals surface area contributed by atoms with Gasteiger partial charge in [-0.2, -0.15) is 0 Å². The summed E-state index contributed by atoms with van der Waals surface area (Å²) in [6, 6.07) is 17.3. The number of nitrogens with one attached hydrogen (secondary N) is 1. The molecule has 0 amide bonds. The van der Waals surface area contributed by atoms with E-state index in [1.807, 2.05) is 18.2 Å². The van der Waals surface area contributed by atoms with Gasteiger partial charge in [-0.05, 0) is 55.5 Å². The van der Waals surface area contributed by atoms with Crippen LogP contribution in [0.4, 0.5) is 0 Å². The van der Waals surface area contributed by atoms with Gasteiger partial charge in [-0.15, -0.1) is 0 Å². The van der Waals surface area contributed by atoms with Crippen LogP contribution in [0.15, 0.2) is 48.5 Å². The lowest BCUT2D eigenvalue weighted by atomic mass is 10.0. The number of aryl methyl sites for hydroxylation is 2. The van der Waals surface area contributed by atoms with E-state index in [0.29, 0.717) is 6.04 Å². The number of hydrogen-bond acceptors (Lipinski definition) is 1. The molecule has 1 nitrogen and oxygen atoms in total. The van der Waals surface area contributed by atoms with Crippen molar-refractivity contribution < 1.29 is 0 Å². The zero-order chi connectivity index (χ0) is 15.1. The molecule has 0 saturated carbocycles. The van der Waals surface area contributed by atoms with Crippen LogP contribution >= 0.6 is 11.6 Å². The standard InChI is InChI=1S/C19H24ClN/c1-3-16-8-6-10-18(14-16)15(2)21-13-7-11-17-9-4-5-12-19(17)20/h4-6,8-10,12,14-15,21H,3,7,11,13H2,1-2H3. The Morgan fingerprint density at radius 2 is 1.90 bits per heavy atom. The van der Waals surface area contributed by atoms with Crippen LogP contribution in [0, 0.1) is 0 Å². The Labute approximate surface area is 133 Å². The second kappa shape index (κ2) is 8.21. The Bertz CT molecular complexity index is 565. The molecule has 0 aliphatic carbocycles. The molecule has 21 heavy (non-hydrogen) atoms. The van der Waals surface area contributed by atoms with Crippen molar-refractivity contribution in [3.63, 3.8) is 0 Å². The summed E-state index contributed by atoms with van der Waals surface area (Å²) < 4.78 is 0. The van der Waals surface area contributed by atoms with Crippen molar-refractivity contribution in [2.75, 3.05) is 6.54 Å². The Morgan fingerprint density at radius 1 is 1.10 bits per heavy atom. The molecule has 0 spiro atoms. The average Bonchev–Trinajstić information content (AvgIpc) is 2.53. The van der Waals surface area contributed by atoms with Gasteiger partial charge >= 0.3 is 0 Å². The second-order valence-electron chi connectivity index (χ2n) is 5.47. The first-order valence-corrected chi connectivity index (χ1v) is 8.14. The van der Waals surface area contributed by atoms with Gasteiger partial charge in [0.15, 0.2) is 0 Å². The van der Waals surface area contributed by atoms with Crippen LogP contribution in [0.3, 0.4) is 0 Å². The number of hydrogen-bond donors (Lipinski definition) is 1. The quantitative estimate of drug-likeness (QED) is 0.694. The van der Waals surface area contributed by atoms with Crippen molar-refractivity contribution in [2.24, 2.45) is 0 Å². The molecule has 0 aliphatic rings. The molecule has 0 aliphatic heterocycles. The van der Waals surface area contributed by atoms with Crippen LogP contribution < -0.4 is 5.32 Å². The van der Waals surface area contributed by atoms with Crippen LogP contribution in [-0.4, -0.2) is 6.54 Å². The molecule has 2 heteroatoms. The van der Waals surface area contributed by atoms with Gasteiger partial charge in [0.25, 0.3) is 0 Å². The zero-order valence-electron chi connectivity index (χ0n) is 12.9. The lowest BCUT2D eigenvalue weighted by Crippen LogP contribution is -2.20. The third-order valence-electron chi connectivity index (χ3n) is 3.89. The van der Waals surface area contributed by atoms with Gasteiger partial charge in [0.1, 0.15) is 0 Å². The average molecular weight is 302 g/mol. The van der Waals surface area contributed by atoms with Crippen LogP contribution in [0.1, 0.15) is 43.0 Å². The monoisotopic (exact) mass is 301 g/mol. The number of benzene rings is 2. The minimum absolute atomic E-state index is 0.391. The van der Waals surface area contributed by atoms with Gasteiger partial charge in [-0.1, -0.05) is 61.0 Å². The topological polar surface area (TPSA) is 12.0 Å². The Kier molecular flexibility index (Phi) is 6.28. The van der Waals surface area contributed by atoms with Crippen LogP contribution in [-0.2, 0) is 12.8 Å². The molecule has 0 aromatic heterocycles. The van der Waals surface area contributed by atoms with Gasteiger partial charge in [0.05, 0.1) is 0 Å². The van der Waals surface area contributed by atoms with Crippen molar-refractivity contribution in [1.82, 2.24) is 5.32 Å².